The van der Waals surface area contributed by atoms with Crippen molar-refractivity contribution in [3.63, 3.8) is 0 Å². The fourth-order valence-corrected chi connectivity index (χ4v) is 1.03. The molecule has 0 aliphatic heterocycles. The van der Waals surface area contributed by atoms with Gasteiger partial charge in [0.2, 0.25) is 0 Å². The van der Waals surface area contributed by atoms with Crippen LogP contribution in [0.15, 0.2) is 18.2 Å². The van der Waals surface area contributed by atoms with Crippen molar-refractivity contribution in [3.05, 3.63) is 18.2 Å². The third kappa shape index (κ3) is 2.40. The first-order valence-corrected chi connectivity index (χ1v) is 4.01. The van der Waals surface area contributed by atoms with E-state index in [2.05, 4.69) is 4.18 Å². The summed E-state index contributed by atoms with van der Waals surface area (Å²) in [5, 5.41) is 0. The summed E-state index contributed by atoms with van der Waals surface area (Å²) >= 11 is -2.59. The van der Waals surface area contributed by atoms with Crippen LogP contribution < -0.4 is 15.7 Å². The minimum Gasteiger partial charge on any atom is -0.740 e. The highest BCUT2D eigenvalue weighted by molar-refractivity contribution is 7.74. The van der Waals surface area contributed by atoms with Crippen molar-refractivity contribution in [2.45, 2.75) is 0 Å². The Balaban J connectivity index is 2.93. The lowest BCUT2D eigenvalue weighted by molar-refractivity contribution is 0.440. The van der Waals surface area contributed by atoms with Crippen molar-refractivity contribution in [1.29, 1.82) is 0 Å². The Morgan fingerprint density at radius 3 is 2.17 bits per heavy atom. The summed E-state index contributed by atoms with van der Waals surface area (Å²) in [4.78, 5) is 0. The largest absolute Gasteiger partial charge is 0.740 e. The van der Waals surface area contributed by atoms with E-state index >= 15 is 0 Å². The molecule has 5 nitrogen and oxygen atoms in total. The molecule has 0 aliphatic rings. The van der Waals surface area contributed by atoms with E-state index in [-0.39, 0.29) is 5.75 Å². The minimum absolute atomic E-state index is 0.112. The van der Waals surface area contributed by atoms with Crippen LogP contribution in [0, 0.1) is 0 Å². The zero-order chi connectivity index (χ0) is 9.14. The van der Waals surface area contributed by atoms with Crippen molar-refractivity contribution in [2.24, 2.45) is 0 Å². The molecule has 1 aromatic rings. The van der Waals surface area contributed by atoms with Gasteiger partial charge in [-0.25, -0.2) is 4.21 Å². The van der Waals surface area contributed by atoms with E-state index in [9.17, 15) is 8.76 Å². The Kier molecular flexibility index (Phi) is 2.51. The van der Waals surface area contributed by atoms with Crippen LogP contribution in [0.4, 0.5) is 11.4 Å². The van der Waals surface area contributed by atoms with Crippen LogP contribution in [0.5, 0.6) is 5.75 Å². The van der Waals surface area contributed by atoms with Gasteiger partial charge in [-0.15, -0.1) is 0 Å². The van der Waals surface area contributed by atoms with Gasteiger partial charge in [-0.05, 0) is 6.07 Å². The van der Waals surface area contributed by atoms with Crippen molar-refractivity contribution in [2.75, 3.05) is 11.5 Å². The van der Waals surface area contributed by atoms with Gasteiger partial charge in [0.05, 0.1) is 0 Å². The summed E-state index contributed by atoms with van der Waals surface area (Å²) in [6, 6.07) is 4.24. The summed E-state index contributed by atoms with van der Waals surface area (Å²) in [6.45, 7) is 0. The van der Waals surface area contributed by atoms with E-state index in [1.807, 2.05) is 0 Å². The summed E-state index contributed by atoms with van der Waals surface area (Å²) in [5.41, 5.74) is 11.5. The van der Waals surface area contributed by atoms with Crippen LogP contribution in [0.25, 0.3) is 0 Å². The number of nitrogens with two attached hydrogens (primary N) is 2. The topological polar surface area (TPSA) is 101 Å². The summed E-state index contributed by atoms with van der Waals surface area (Å²) in [5.74, 6) is 0.112. The average Bonchev–Trinajstić information content (AvgIpc) is 1.81. The standard InChI is InChI=1S/C6H8N2O3S/c7-4-1-5(8)3-6(2-4)11-12(9)10/h1-3H,7-8H2,(H,9,10)/p-1. The molecule has 1 aromatic carbocycles. The first-order chi connectivity index (χ1) is 5.58. The molecule has 66 valence electrons. The van der Waals surface area contributed by atoms with E-state index in [1.165, 1.54) is 18.2 Å². The molecule has 0 saturated heterocycles. The predicted molar refractivity (Wildman–Crippen MR) is 44.8 cm³/mol. The Labute approximate surface area is 71.8 Å². The molecule has 12 heavy (non-hydrogen) atoms. The molecule has 0 saturated carbocycles. The maximum atomic E-state index is 10.1. The summed E-state index contributed by atoms with van der Waals surface area (Å²) in [7, 11) is 0. The molecule has 0 heterocycles. The molecule has 1 rings (SSSR count). The highest BCUT2D eigenvalue weighted by Crippen LogP contribution is 2.20. The van der Waals surface area contributed by atoms with Crippen LogP contribution in [-0.2, 0) is 11.4 Å². The van der Waals surface area contributed by atoms with Gasteiger partial charge in [0.1, 0.15) is 17.1 Å². The lowest BCUT2D eigenvalue weighted by atomic mass is 10.3. The Hall–Kier alpha value is -1.27. The lowest BCUT2D eigenvalue weighted by Gasteiger charge is -2.07. The van der Waals surface area contributed by atoms with Gasteiger partial charge in [-0.3, -0.25) is 0 Å². The number of hydrogen-bond donors (Lipinski definition) is 2. The van der Waals surface area contributed by atoms with E-state index in [4.69, 9.17) is 11.5 Å². The van der Waals surface area contributed by atoms with Crippen LogP contribution in [0.3, 0.4) is 0 Å². The molecule has 0 aromatic heterocycles. The number of nitrogen functional groups attached to an aromatic ring is 2. The van der Waals surface area contributed by atoms with Crippen LogP contribution in [-0.4, -0.2) is 8.76 Å². The molecule has 0 spiro atoms. The fraction of sp³-hybridized carbons (Fsp3) is 0. The Bertz CT molecular complexity index is 295. The zero-order valence-electron chi connectivity index (χ0n) is 6.02. The third-order valence-corrected chi connectivity index (χ3v) is 1.44. The van der Waals surface area contributed by atoms with Gasteiger partial charge in [0.25, 0.3) is 0 Å². The number of anilines is 2. The molecule has 0 radical (unpaired) electrons. The molecule has 1 atom stereocenters. The average molecular weight is 187 g/mol. The van der Waals surface area contributed by atoms with Crippen molar-refractivity contribution in [3.8, 4) is 5.75 Å². The van der Waals surface area contributed by atoms with Gasteiger partial charge >= 0.3 is 0 Å². The molecular weight excluding hydrogens is 180 g/mol. The second-order valence-corrected chi connectivity index (χ2v) is 2.70. The summed E-state index contributed by atoms with van der Waals surface area (Å²) in [6.07, 6.45) is 0. The maximum absolute atomic E-state index is 10.1. The molecule has 6 heteroatoms. The molecular formula is C6H7N2O3S-. The SMILES string of the molecule is Nc1cc(N)cc(OS(=O)[O-])c1. The number of benzene rings is 1. The van der Waals surface area contributed by atoms with Gasteiger partial charge in [0, 0.05) is 23.5 Å². The lowest BCUT2D eigenvalue weighted by Crippen LogP contribution is -1.99. The van der Waals surface area contributed by atoms with Crippen LogP contribution >= 0.6 is 0 Å². The highest BCUT2D eigenvalue weighted by atomic mass is 32.2. The van der Waals surface area contributed by atoms with Crippen molar-refractivity contribution < 1.29 is 12.9 Å². The normalized spacial score (nSPS) is 12.4. The van der Waals surface area contributed by atoms with E-state index < -0.39 is 11.4 Å². The molecule has 0 aliphatic carbocycles. The van der Waals surface area contributed by atoms with Gasteiger partial charge in [-0.1, -0.05) is 0 Å². The van der Waals surface area contributed by atoms with E-state index in [0.717, 1.165) is 0 Å². The fourth-order valence-electron chi connectivity index (χ4n) is 0.773. The second-order valence-electron chi connectivity index (χ2n) is 2.12. The molecule has 4 N–H and O–H groups in total. The van der Waals surface area contributed by atoms with Crippen LogP contribution in [0.1, 0.15) is 0 Å². The van der Waals surface area contributed by atoms with Crippen molar-refractivity contribution >= 4 is 22.7 Å². The monoisotopic (exact) mass is 187 g/mol. The molecule has 1 unspecified atom stereocenters. The molecule has 0 fully saturated rings. The Morgan fingerprint density at radius 1 is 1.25 bits per heavy atom. The van der Waals surface area contributed by atoms with Gasteiger partial charge in [-0.2, -0.15) is 0 Å². The Morgan fingerprint density at radius 2 is 1.75 bits per heavy atom. The number of rotatable bonds is 2. The highest BCUT2D eigenvalue weighted by Gasteiger charge is 1.96. The van der Waals surface area contributed by atoms with Gasteiger partial charge in [0.15, 0.2) is 0 Å². The third-order valence-electron chi connectivity index (χ3n) is 1.12. The van der Waals surface area contributed by atoms with E-state index in [0.29, 0.717) is 11.4 Å². The quantitative estimate of drug-likeness (QED) is 0.502. The first-order valence-electron chi connectivity index (χ1n) is 3.01. The zero-order valence-corrected chi connectivity index (χ0v) is 6.84. The minimum atomic E-state index is -2.59. The molecule has 0 amide bonds. The smallest absolute Gasteiger partial charge is 0.143 e. The van der Waals surface area contributed by atoms with Crippen molar-refractivity contribution in [1.82, 2.24) is 0 Å². The first kappa shape index (κ1) is 8.82. The second kappa shape index (κ2) is 3.42. The maximum Gasteiger partial charge on any atom is 0.143 e. The predicted octanol–water partition coefficient (Wildman–Crippen LogP) is 0.0239. The van der Waals surface area contributed by atoms with Crippen LogP contribution in [0.2, 0.25) is 0 Å². The summed E-state index contributed by atoms with van der Waals surface area (Å²) < 4.78 is 24.5. The van der Waals surface area contributed by atoms with Gasteiger partial charge < -0.3 is 20.2 Å². The van der Waals surface area contributed by atoms with E-state index in [1.54, 1.807) is 0 Å². The molecule has 0 bridgehead atoms. The number of hydrogen-bond acceptors (Lipinski definition) is 5.